The molecule has 0 aliphatic carbocycles. The van der Waals surface area contributed by atoms with Gasteiger partial charge in [-0.3, -0.25) is 4.79 Å². The number of benzene rings is 2. The zero-order valence-electron chi connectivity index (χ0n) is 13.2. The Morgan fingerprint density at radius 3 is 2.67 bits per heavy atom. The SMILES string of the molecule is COc1ccc(/C=C2\SC(=Nc3cc(C)ccc3O)NC2=O)cc1. The molecule has 6 heteroatoms. The van der Waals surface area contributed by atoms with E-state index in [0.717, 1.165) is 16.9 Å². The number of aliphatic imine (C=N–C) groups is 1. The van der Waals surface area contributed by atoms with Crippen LogP contribution in [0.2, 0.25) is 0 Å². The normalized spacial score (nSPS) is 17.3. The van der Waals surface area contributed by atoms with E-state index in [2.05, 4.69) is 10.3 Å². The highest BCUT2D eigenvalue weighted by Gasteiger charge is 2.24. The summed E-state index contributed by atoms with van der Waals surface area (Å²) >= 11 is 1.24. The molecule has 2 N–H and O–H groups in total. The summed E-state index contributed by atoms with van der Waals surface area (Å²) in [5.41, 5.74) is 2.31. The van der Waals surface area contributed by atoms with Crippen molar-refractivity contribution in [2.24, 2.45) is 4.99 Å². The Bertz CT molecular complexity index is 842. The van der Waals surface area contributed by atoms with E-state index < -0.39 is 0 Å². The molecule has 3 rings (SSSR count). The van der Waals surface area contributed by atoms with Gasteiger partial charge in [0.2, 0.25) is 0 Å². The summed E-state index contributed by atoms with van der Waals surface area (Å²) in [6, 6.07) is 12.6. The highest BCUT2D eigenvalue weighted by Crippen LogP contribution is 2.32. The molecule has 1 saturated heterocycles. The van der Waals surface area contributed by atoms with Gasteiger partial charge in [-0.15, -0.1) is 0 Å². The third kappa shape index (κ3) is 3.60. The van der Waals surface area contributed by atoms with Crippen LogP contribution in [0.4, 0.5) is 5.69 Å². The van der Waals surface area contributed by atoms with Crippen LogP contribution in [0.3, 0.4) is 0 Å². The van der Waals surface area contributed by atoms with E-state index in [1.54, 1.807) is 31.4 Å². The van der Waals surface area contributed by atoms with Gasteiger partial charge in [-0.2, -0.15) is 0 Å². The second-order valence-electron chi connectivity index (χ2n) is 5.25. The quantitative estimate of drug-likeness (QED) is 0.838. The Balaban J connectivity index is 1.83. The number of amides is 1. The van der Waals surface area contributed by atoms with Crippen LogP contribution in [0, 0.1) is 6.92 Å². The van der Waals surface area contributed by atoms with E-state index in [1.165, 1.54) is 11.8 Å². The molecule has 0 atom stereocenters. The standard InChI is InChI=1S/C18H16N2O3S/c1-11-3-8-15(21)14(9-11)19-18-20-17(22)16(24-18)10-12-4-6-13(23-2)7-5-12/h3-10,21H,1-2H3,(H,19,20,22)/b16-10-. The minimum atomic E-state index is -0.207. The fraction of sp³-hybridized carbons (Fsp3) is 0.111. The fourth-order valence-corrected chi connectivity index (χ4v) is 3.00. The third-order valence-corrected chi connectivity index (χ3v) is 4.33. The van der Waals surface area contributed by atoms with E-state index in [4.69, 9.17) is 4.74 Å². The molecule has 1 aliphatic rings. The van der Waals surface area contributed by atoms with Crippen LogP contribution in [0.25, 0.3) is 6.08 Å². The van der Waals surface area contributed by atoms with Crippen LogP contribution in [0.5, 0.6) is 11.5 Å². The van der Waals surface area contributed by atoms with Gasteiger partial charge in [0.05, 0.1) is 12.0 Å². The molecule has 2 aromatic carbocycles. The average Bonchev–Trinajstić information content (AvgIpc) is 2.91. The van der Waals surface area contributed by atoms with E-state index in [0.29, 0.717) is 15.8 Å². The predicted molar refractivity (Wildman–Crippen MR) is 96.6 cm³/mol. The topological polar surface area (TPSA) is 70.9 Å². The summed E-state index contributed by atoms with van der Waals surface area (Å²) < 4.78 is 5.12. The molecule has 0 spiro atoms. The monoisotopic (exact) mass is 340 g/mol. The second kappa shape index (κ2) is 6.80. The second-order valence-corrected chi connectivity index (χ2v) is 6.28. The van der Waals surface area contributed by atoms with Crippen molar-refractivity contribution in [3.63, 3.8) is 0 Å². The number of nitrogens with zero attached hydrogens (tertiary/aromatic N) is 1. The lowest BCUT2D eigenvalue weighted by atomic mass is 10.2. The largest absolute Gasteiger partial charge is 0.506 e. The molecule has 0 aromatic heterocycles. The molecule has 2 aromatic rings. The number of rotatable bonds is 3. The molecule has 0 bridgehead atoms. The van der Waals surface area contributed by atoms with E-state index in [-0.39, 0.29) is 11.7 Å². The van der Waals surface area contributed by atoms with Crippen molar-refractivity contribution in [2.75, 3.05) is 7.11 Å². The zero-order valence-corrected chi connectivity index (χ0v) is 14.1. The molecule has 0 radical (unpaired) electrons. The summed E-state index contributed by atoms with van der Waals surface area (Å²) in [7, 11) is 1.61. The number of phenols is 1. The lowest BCUT2D eigenvalue weighted by molar-refractivity contribution is -0.115. The van der Waals surface area contributed by atoms with Gasteiger partial charge in [-0.1, -0.05) is 18.2 Å². The van der Waals surface area contributed by atoms with Crippen LogP contribution >= 0.6 is 11.8 Å². The number of phenolic OH excluding ortho intramolecular Hbond substituents is 1. The molecule has 5 nitrogen and oxygen atoms in total. The zero-order chi connectivity index (χ0) is 17.1. The number of carbonyl (C=O) groups is 1. The summed E-state index contributed by atoms with van der Waals surface area (Å²) in [6.07, 6.45) is 1.79. The first-order valence-corrected chi connectivity index (χ1v) is 8.10. The molecule has 0 unspecified atom stereocenters. The van der Waals surface area contributed by atoms with Gasteiger partial charge in [0.15, 0.2) is 5.17 Å². The maximum Gasteiger partial charge on any atom is 0.264 e. The molecular weight excluding hydrogens is 324 g/mol. The summed E-state index contributed by atoms with van der Waals surface area (Å²) in [4.78, 5) is 17.0. The van der Waals surface area contributed by atoms with Gasteiger partial charge >= 0.3 is 0 Å². The number of hydrogen-bond acceptors (Lipinski definition) is 5. The highest BCUT2D eigenvalue weighted by atomic mass is 32.2. The van der Waals surface area contributed by atoms with Crippen molar-refractivity contribution in [2.45, 2.75) is 6.92 Å². The number of aromatic hydroxyl groups is 1. The van der Waals surface area contributed by atoms with Crippen LogP contribution in [0.1, 0.15) is 11.1 Å². The van der Waals surface area contributed by atoms with Crippen molar-refractivity contribution in [1.82, 2.24) is 5.32 Å². The molecule has 122 valence electrons. The first-order valence-electron chi connectivity index (χ1n) is 7.28. The van der Waals surface area contributed by atoms with E-state index in [9.17, 15) is 9.90 Å². The fourth-order valence-electron chi connectivity index (χ4n) is 2.16. The van der Waals surface area contributed by atoms with Gasteiger partial charge in [0.25, 0.3) is 5.91 Å². The molecule has 24 heavy (non-hydrogen) atoms. The lowest BCUT2D eigenvalue weighted by Gasteiger charge is -2.01. The number of nitrogens with one attached hydrogen (secondary N) is 1. The molecule has 1 amide bonds. The smallest absolute Gasteiger partial charge is 0.264 e. The summed E-state index contributed by atoms with van der Waals surface area (Å²) in [6.45, 7) is 1.92. The number of ether oxygens (including phenoxy) is 1. The molecular formula is C18H16N2O3S. The minimum absolute atomic E-state index is 0.0792. The molecule has 1 fully saturated rings. The number of thioether (sulfide) groups is 1. The first-order chi connectivity index (χ1) is 11.5. The van der Waals surface area contributed by atoms with E-state index >= 15 is 0 Å². The maximum atomic E-state index is 12.1. The Hall–Kier alpha value is -2.73. The molecule has 1 heterocycles. The van der Waals surface area contributed by atoms with Crippen molar-refractivity contribution >= 4 is 34.6 Å². The van der Waals surface area contributed by atoms with Crippen molar-refractivity contribution in [3.05, 3.63) is 58.5 Å². The van der Waals surface area contributed by atoms with Gasteiger partial charge < -0.3 is 15.2 Å². The first kappa shape index (κ1) is 16.1. The van der Waals surface area contributed by atoms with Gasteiger partial charge in [-0.25, -0.2) is 4.99 Å². The van der Waals surface area contributed by atoms with Crippen molar-refractivity contribution < 1.29 is 14.6 Å². The van der Waals surface area contributed by atoms with Crippen LogP contribution in [0.15, 0.2) is 52.4 Å². The minimum Gasteiger partial charge on any atom is -0.506 e. The third-order valence-electron chi connectivity index (χ3n) is 3.42. The lowest BCUT2D eigenvalue weighted by Crippen LogP contribution is -2.19. The summed E-state index contributed by atoms with van der Waals surface area (Å²) in [5.74, 6) is 0.634. The van der Waals surface area contributed by atoms with Gasteiger partial charge in [0, 0.05) is 0 Å². The maximum absolute atomic E-state index is 12.1. The average molecular weight is 340 g/mol. The Morgan fingerprint density at radius 2 is 1.96 bits per heavy atom. The molecule has 1 aliphatic heterocycles. The number of aryl methyl sites for hydroxylation is 1. The van der Waals surface area contributed by atoms with Crippen molar-refractivity contribution in [3.8, 4) is 11.5 Å². The Kier molecular flexibility index (Phi) is 4.57. The number of methoxy groups -OCH3 is 1. The van der Waals surface area contributed by atoms with Crippen molar-refractivity contribution in [1.29, 1.82) is 0 Å². The van der Waals surface area contributed by atoms with Crippen LogP contribution in [-0.4, -0.2) is 23.3 Å². The highest BCUT2D eigenvalue weighted by molar-refractivity contribution is 8.18. The van der Waals surface area contributed by atoms with Gasteiger partial charge in [0.1, 0.15) is 17.2 Å². The van der Waals surface area contributed by atoms with Gasteiger partial charge in [-0.05, 0) is 60.2 Å². The number of carbonyl (C=O) groups excluding carboxylic acids is 1. The van der Waals surface area contributed by atoms with Crippen LogP contribution in [-0.2, 0) is 4.79 Å². The number of hydrogen-bond donors (Lipinski definition) is 2. The summed E-state index contributed by atoms with van der Waals surface area (Å²) in [5, 5.41) is 13.0. The number of amidine groups is 1. The molecule has 0 saturated carbocycles. The Morgan fingerprint density at radius 1 is 1.21 bits per heavy atom. The predicted octanol–water partition coefficient (Wildman–Crippen LogP) is 3.60. The Labute approximate surface area is 144 Å². The van der Waals surface area contributed by atoms with Crippen LogP contribution < -0.4 is 10.1 Å². The van der Waals surface area contributed by atoms with E-state index in [1.807, 2.05) is 31.2 Å².